The summed E-state index contributed by atoms with van der Waals surface area (Å²) < 4.78 is 7.62. The summed E-state index contributed by atoms with van der Waals surface area (Å²) in [6.45, 7) is 7.54. The van der Waals surface area contributed by atoms with E-state index in [1.807, 2.05) is 38.2 Å². The van der Waals surface area contributed by atoms with Gasteiger partial charge in [-0.2, -0.15) is 0 Å². The van der Waals surface area contributed by atoms with Gasteiger partial charge < -0.3 is 14.2 Å². The Morgan fingerprint density at radius 3 is 2.86 bits per heavy atom. The summed E-state index contributed by atoms with van der Waals surface area (Å²) in [6.07, 6.45) is 10.9. The predicted molar refractivity (Wildman–Crippen MR) is 82.0 cm³/mol. The van der Waals surface area contributed by atoms with Crippen LogP contribution in [0.3, 0.4) is 0 Å². The lowest BCUT2D eigenvalue weighted by atomic mass is 9.98. The third-order valence-corrected chi connectivity index (χ3v) is 3.77. The van der Waals surface area contributed by atoms with Crippen LogP contribution in [0.5, 0.6) is 0 Å². The fraction of sp³-hybridized carbons (Fsp3) is 0.750. The molecule has 2 heterocycles. The number of amides is 1. The van der Waals surface area contributed by atoms with Crippen molar-refractivity contribution in [3.63, 3.8) is 0 Å². The van der Waals surface area contributed by atoms with E-state index in [2.05, 4.69) is 9.55 Å². The normalized spacial score (nSPS) is 19.6. The van der Waals surface area contributed by atoms with Crippen molar-refractivity contribution in [3.8, 4) is 0 Å². The summed E-state index contributed by atoms with van der Waals surface area (Å²) in [5, 5.41) is 0. The van der Waals surface area contributed by atoms with Crippen LogP contribution in [0, 0.1) is 0 Å². The topological polar surface area (TPSA) is 47.4 Å². The molecule has 0 aromatic carbocycles. The van der Waals surface area contributed by atoms with Gasteiger partial charge in [0.2, 0.25) is 0 Å². The van der Waals surface area contributed by atoms with Crippen molar-refractivity contribution in [2.75, 3.05) is 6.54 Å². The van der Waals surface area contributed by atoms with Gasteiger partial charge >= 0.3 is 6.09 Å². The Kier molecular flexibility index (Phi) is 5.26. The van der Waals surface area contributed by atoms with Crippen molar-refractivity contribution in [1.82, 2.24) is 14.5 Å². The molecular formula is C16H27N3O2. The molecule has 0 aliphatic carbocycles. The summed E-state index contributed by atoms with van der Waals surface area (Å²) >= 11 is 0. The van der Waals surface area contributed by atoms with Crippen LogP contribution in [-0.4, -0.2) is 38.7 Å². The molecule has 1 aliphatic heterocycles. The third-order valence-electron chi connectivity index (χ3n) is 3.77. The Labute approximate surface area is 127 Å². The number of nitrogens with zero attached hydrogens (tertiary/aromatic N) is 3. The summed E-state index contributed by atoms with van der Waals surface area (Å²) in [5.41, 5.74) is -0.421. The van der Waals surface area contributed by atoms with Gasteiger partial charge in [0.1, 0.15) is 5.60 Å². The van der Waals surface area contributed by atoms with E-state index in [9.17, 15) is 4.79 Å². The average Bonchev–Trinajstić information content (AvgIpc) is 2.90. The van der Waals surface area contributed by atoms with Gasteiger partial charge in [-0.3, -0.25) is 0 Å². The highest BCUT2D eigenvalue weighted by molar-refractivity contribution is 5.68. The molecule has 5 heteroatoms. The largest absolute Gasteiger partial charge is 0.444 e. The second kappa shape index (κ2) is 6.96. The quantitative estimate of drug-likeness (QED) is 0.854. The van der Waals surface area contributed by atoms with Gasteiger partial charge in [-0.1, -0.05) is 0 Å². The van der Waals surface area contributed by atoms with Gasteiger partial charge in [-0.05, 0) is 52.9 Å². The molecule has 0 spiro atoms. The van der Waals surface area contributed by atoms with Crippen molar-refractivity contribution < 1.29 is 9.53 Å². The van der Waals surface area contributed by atoms with Gasteiger partial charge in [0.15, 0.2) is 0 Å². The van der Waals surface area contributed by atoms with E-state index in [0.717, 1.165) is 38.8 Å². The van der Waals surface area contributed by atoms with Gasteiger partial charge in [-0.25, -0.2) is 9.78 Å². The molecule has 2 rings (SSSR count). The Hall–Kier alpha value is -1.52. The van der Waals surface area contributed by atoms with Crippen LogP contribution in [0.2, 0.25) is 0 Å². The SMILES string of the molecule is CC(C)(C)OC(=O)N1CCCCC1CCCn1ccnc1. The number of carbonyl (C=O) groups excluding carboxylic acids is 1. The Bertz CT molecular complexity index is 437. The van der Waals surface area contributed by atoms with Crippen LogP contribution in [0.15, 0.2) is 18.7 Å². The van der Waals surface area contributed by atoms with Gasteiger partial charge in [0, 0.05) is 31.5 Å². The second-order valence-corrected chi connectivity index (χ2v) is 6.77. The first-order chi connectivity index (χ1) is 9.96. The lowest BCUT2D eigenvalue weighted by molar-refractivity contribution is 0.00853. The molecule has 1 aliphatic rings. The summed E-state index contributed by atoms with van der Waals surface area (Å²) in [6, 6.07) is 0.317. The van der Waals surface area contributed by atoms with Crippen molar-refractivity contribution >= 4 is 6.09 Å². The molecule has 118 valence electrons. The number of piperidine rings is 1. The fourth-order valence-electron chi connectivity index (χ4n) is 2.79. The van der Waals surface area contributed by atoms with Gasteiger partial charge in [0.05, 0.1) is 6.33 Å². The number of aryl methyl sites for hydroxylation is 1. The molecule has 1 atom stereocenters. The lowest BCUT2D eigenvalue weighted by Gasteiger charge is -2.36. The van der Waals surface area contributed by atoms with Crippen LogP contribution in [-0.2, 0) is 11.3 Å². The maximum Gasteiger partial charge on any atom is 0.410 e. The molecule has 1 aromatic rings. The highest BCUT2D eigenvalue weighted by Gasteiger charge is 2.29. The van der Waals surface area contributed by atoms with Crippen molar-refractivity contribution in [2.24, 2.45) is 0 Å². The number of carbonyl (C=O) groups is 1. The number of ether oxygens (including phenoxy) is 1. The lowest BCUT2D eigenvalue weighted by Crippen LogP contribution is -2.46. The number of aromatic nitrogens is 2. The minimum atomic E-state index is -0.421. The maximum absolute atomic E-state index is 12.3. The first-order valence-electron chi connectivity index (χ1n) is 7.91. The van der Waals surface area contributed by atoms with Crippen LogP contribution in [0.4, 0.5) is 4.79 Å². The minimum Gasteiger partial charge on any atom is -0.444 e. The highest BCUT2D eigenvalue weighted by Crippen LogP contribution is 2.23. The Morgan fingerprint density at radius 1 is 1.38 bits per heavy atom. The van der Waals surface area contributed by atoms with Crippen molar-refractivity contribution in [3.05, 3.63) is 18.7 Å². The van der Waals surface area contributed by atoms with E-state index in [1.54, 1.807) is 6.20 Å². The molecule has 21 heavy (non-hydrogen) atoms. The first kappa shape index (κ1) is 15.9. The van der Waals surface area contributed by atoms with E-state index in [-0.39, 0.29) is 6.09 Å². The molecule has 5 nitrogen and oxygen atoms in total. The van der Waals surface area contributed by atoms with Crippen LogP contribution in [0.1, 0.15) is 52.9 Å². The minimum absolute atomic E-state index is 0.158. The molecule has 0 radical (unpaired) electrons. The van der Waals surface area contributed by atoms with Crippen LogP contribution < -0.4 is 0 Å². The number of rotatable bonds is 4. The number of imidazole rings is 1. The standard InChI is InChI=1S/C16H27N3O2/c1-16(2,3)21-15(20)19-11-5-4-7-14(19)8-6-10-18-12-9-17-13-18/h9,12-14H,4-8,10-11H2,1-3H3. The number of hydrogen-bond donors (Lipinski definition) is 0. The Morgan fingerprint density at radius 2 is 2.19 bits per heavy atom. The van der Waals surface area contributed by atoms with E-state index in [0.29, 0.717) is 6.04 Å². The third kappa shape index (κ3) is 5.06. The molecule has 0 saturated carbocycles. The van der Waals surface area contributed by atoms with Crippen molar-refractivity contribution in [2.45, 2.75) is 71.1 Å². The molecule has 1 unspecified atom stereocenters. The smallest absolute Gasteiger partial charge is 0.410 e. The zero-order chi connectivity index (χ0) is 15.3. The highest BCUT2D eigenvalue weighted by atomic mass is 16.6. The zero-order valence-corrected chi connectivity index (χ0v) is 13.4. The fourth-order valence-corrected chi connectivity index (χ4v) is 2.79. The predicted octanol–water partition coefficient (Wildman–Crippen LogP) is 3.45. The molecule has 1 amide bonds. The van der Waals surface area contributed by atoms with Gasteiger partial charge in [-0.15, -0.1) is 0 Å². The Balaban J connectivity index is 1.84. The van der Waals surface area contributed by atoms with Gasteiger partial charge in [0.25, 0.3) is 0 Å². The van der Waals surface area contributed by atoms with E-state index in [4.69, 9.17) is 4.74 Å². The first-order valence-corrected chi connectivity index (χ1v) is 7.91. The molecular weight excluding hydrogens is 266 g/mol. The van der Waals surface area contributed by atoms with Crippen LogP contribution >= 0.6 is 0 Å². The number of likely N-dealkylation sites (tertiary alicyclic amines) is 1. The average molecular weight is 293 g/mol. The summed E-state index contributed by atoms with van der Waals surface area (Å²) in [4.78, 5) is 18.3. The molecule has 1 aromatic heterocycles. The van der Waals surface area contributed by atoms with E-state index >= 15 is 0 Å². The summed E-state index contributed by atoms with van der Waals surface area (Å²) in [5.74, 6) is 0. The second-order valence-electron chi connectivity index (χ2n) is 6.77. The summed E-state index contributed by atoms with van der Waals surface area (Å²) in [7, 11) is 0. The molecule has 1 fully saturated rings. The molecule has 1 saturated heterocycles. The zero-order valence-electron chi connectivity index (χ0n) is 13.4. The number of hydrogen-bond acceptors (Lipinski definition) is 3. The van der Waals surface area contributed by atoms with E-state index in [1.165, 1.54) is 6.42 Å². The maximum atomic E-state index is 12.3. The molecule has 0 N–H and O–H groups in total. The van der Waals surface area contributed by atoms with Crippen molar-refractivity contribution in [1.29, 1.82) is 0 Å². The monoisotopic (exact) mass is 293 g/mol. The molecule has 0 bridgehead atoms. The van der Waals surface area contributed by atoms with Crippen LogP contribution in [0.25, 0.3) is 0 Å². The van der Waals surface area contributed by atoms with E-state index < -0.39 is 5.60 Å².